The molecular weight excluding hydrogens is 324 g/mol. The maximum absolute atomic E-state index is 12.8. The van der Waals surface area contributed by atoms with E-state index in [0.717, 1.165) is 28.8 Å². The topological polar surface area (TPSA) is 53.2 Å². The fourth-order valence-corrected chi connectivity index (χ4v) is 3.46. The van der Waals surface area contributed by atoms with Crippen molar-refractivity contribution < 1.29 is 4.79 Å². The van der Waals surface area contributed by atoms with Crippen LogP contribution in [0, 0.1) is 6.92 Å². The first-order valence-corrected chi connectivity index (χ1v) is 8.78. The quantitative estimate of drug-likeness (QED) is 0.773. The number of benzene rings is 2. The number of carbonyl (C=O) groups is 1. The molecule has 130 valence electrons. The van der Waals surface area contributed by atoms with E-state index in [4.69, 9.17) is 0 Å². The van der Waals surface area contributed by atoms with Crippen LogP contribution in [0.5, 0.6) is 0 Å². The van der Waals surface area contributed by atoms with Gasteiger partial charge in [-0.15, -0.1) is 0 Å². The van der Waals surface area contributed by atoms with Crippen LogP contribution in [0.15, 0.2) is 65.5 Å². The van der Waals surface area contributed by atoms with Crippen molar-refractivity contribution in [3.63, 3.8) is 0 Å². The zero-order valence-corrected chi connectivity index (χ0v) is 14.7. The predicted octanol–water partition coefficient (Wildman–Crippen LogP) is 3.55. The third-order valence-corrected chi connectivity index (χ3v) is 4.89. The van der Waals surface area contributed by atoms with Crippen LogP contribution in [0.2, 0.25) is 0 Å². The van der Waals surface area contributed by atoms with Gasteiger partial charge in [0, 0.05) is 18.8 Å². The Morgan fingerprint density at radius 1 is 1.00 bits per heavy atom. The highest BCUT2D eigenvalue weighted by molar-refractivity contribution is 5.94. The van der Waals surface area contributed by atoms with Gasteiger partial charge in [-0.25, -0.2) is 0 Å². The highest BCUT2D eigenvalue weighted by atomic mass is 16.2. The summed E-state index contributed by atoms with van der Waals surface area (Å²) in [5, 5.41) is 0. The summed E-state index contributed by atoms with van der Waals surface area (Å²) >= 11 is 0. The Balaban J connectivity index is 1.60. The number of hydrogen-bond acceptors (Lipinski definition) is 2. The molecule has 0 aliphatic carbocycles. The van der Waals surface area contributed by atoms with Crippen LogP contribution in [-0.2, 0) is 13.0 Å². The molecule has 2 aromatic carbocycles. The summed E-state index contributed by atoms with van der Waals surface area (Å²) in [5.41, 5.74) is 5.07. The number of aryl methyl sites for hydroxylation is 1. The van der Waals surface area contributed by atoms with Crippen molar-refractivity contribution in [1.29, 1.82) is 0 Å². The maximum atomic E-state index is 12.8. The van der Waals surface area contributed by atoms with Crippen LogP contribution in [0.3, 0.4) is 0 Å². The molecule has 0 atom stereocenters. The van der Waals surface area contributed by atoms with Gasteiger partial charge < -0.3 is 9.88 Å². The van der Waals surface area contributed by atoms with Crippen LogP contribution in [0.1, 0.15) is 27.0 Å². The molecule has 1 aliphatic rings. The normalized spacial score (nSPS) is 13.3. The lowest BCUT2D eigenvalue weighted by atomic mass is 9.99. The first-order chi connectivity index (χ1) is 12.6. The molecule has 2 heterocycles. The van der Waals surface area contributed by atoms with Gasteiger partial charge >= 0.3 is 0 Å². The Kier molecular flexibility index (Phi) is 4.17. The third-order valence-electron chi connectivity index (χ3n) is 4.89. The molecule has 0 saturated carbocycles. The van der Waals surface area contributed by atoms with E-state index in [-0.39, 0.29) is 17.0 Å². The van der Waals surface area contributed by atoms with E-state index < -0.39 is 0 Å². The predicted molar refractivity (Wildman–Crippen MR) is 102 cm³/mol. The molecule has 0 fully saturated rings. The molecule has 4 rings (SSSR count). The average Bonchev–Trinajstić information content (AvgIpc) is 2.67. The molecule has 4 nitrogen and oxygen atoms in total. The lowest BCUT2D eigenvalue weighted by Gasteiger charge is -2.28. The molecule has 0 radical (unpaired) electrons. The molecule has 0 unspecified atom stereocenters. The zero-order chi connectivity index (χ0) is 18.1. The van der Waals surface area contributed by atoms with Gasteiger partial charge in [-0.3, -0.25) is 9.59 Å². The lowest BCUT2D eigenvalue weighted by Crippen LogP contribution is -2.38. The molecule has 4 heteroatoms. The number of carbonyl (C=O) groups excluding carboxylic acids is 1. The maximum Gasteiger partial charge on any atom is 0.261 e. The first kappa shape index (κ1) is 16.3. The second kappa shape index (κ2) is 6.64. The van der Waals surface area contributed by atoms with E-state index in [2.05, 4.69) is 11.1 Å². The molecule has 0 saturated heterocycles. The van der Waals surface area contributed by atoms with Gasteiger partial charge in [-0.1, -0.05) is 48.0 Å². The van der Waals surface area contributed by atoms with Crippen molar-refractivity contribution in [2.45, 2.75) is 19.9 Å². The van der Waals surface area contributed by atoms with Gasteiger partial charge in [0.1, 0.15) is 5.56 Å². The number of fused-ring (bicyclic) bond motifs is 1. The molecular formula is C22H20N2O2. The van der Waals surface area contributed by atoms with Gasteiger partial charge in [0.25, 0.3) is 11.5 Å². The van der Waals surface area contributed by atoms with Crippen molar-refractivity contribution >= 4 is 5.91 Å². The molecule has 1 amide bonds. The monoisotopic (exact) mass is 344 g/mol. The van der Waals surface area contributed by atoms with Gasteiger partial charge in [-0.05, 0) is 48.2 Å². The molecule has 1 aliphatic heterocycles. The molecule has 1 N–H and O–H groups in total. The number of pyridine rings is 1. The van der Waals surface area contributed by atoms with Gasteiger partial charge in [0.15, 0.2) is 0 Å². The number of H-pyrrole nitrogens is 1. The van der Waals surface area contributed by atoms with Crippen molar-refractivity contribution in [3.8, 4) is 11.3 Å². The molecule has 26 heavy (non-hydrogen) atoms. The molecule has 3 aromatic rings. The van der Waals surface area contributed by atoms with Crippen molar-refractivity contribution in [2.75, 3.05) is 6.54 Å². The van der Waals surface area contributed by atoms with Crippen molar-refractivity contribution in [1.82, 2.24) is 9.88 Å². The molecule has 0 bridgehead atoms. The minimum atomic E-state index is -0.340. The Morgan fingerprint density at radius 3 is 2.58 bits per heavy atom. The minimum Gasteiger partial charge on any atom is -0.334 e. The fourth-order valence-electron chi connectivity index (χ4n) is 3.46. The number of hydrogen-bond donors (Lipinski definition) is 1. The standard InChI is InChI=1S/C22H20N2O2/c1-15-5-4-8-17(13-15)20-10-9-19(21(25)23-20)22(26)24-12-11-16-6-2-3-7-18(16)14-24/h2-10,13H,11-12,14H2,1H3,(H,23,25). The lowest BCUT2D eigenvalue weighted by molar-refractivity contribution is 0.0733. The van der Waals surface area contributed by atoms with Crippen LogP contribution in [-0.4, -0.2) is 22.3 Å². The Morgan fingerprint density at radius 2 is 1.81 bits per heavy atom. The van der Waals surface area contributed by atoms with Gasteiger partial charge in [0.05, 0.1) is 0 Å². The summed E-state index contributed by atoms with van der Waals surface area (Å²) in [6, 6.07) is 19.5. The van der Waals surface area contributed by atoms with Crippen molar-refractivity contribution in [2.24, 2.45) is 0 Å². The summed E-state index contributed by atoms with van der Waals surface area (Å²) < 4.78 is 0. The third kappa shape index (κ3) is 3.06. The Bertz CT molecular complexity index is 1040. The number of nitrogens with zero attached hydrogens (tertiary/aromatic N) is 1. The van der Waals surface area contributed by atoms with Gasteiger partial charge in [-0.2, -0.15) is 0 Å². The Hall–Kier alpha value is -3.14. The molecule has 1 aromatic heterocycles. The zero-order valence-electron chi connectivity index (χ0n) is 14.7. The van der Waals surface area contributed by atoms with E-state index in [1.807, 2.05) is 49.4 Å². The van der Waals surface area contributed by atoms with E-state index >= 15 is 0 Å². The van der Waals surface area contributed by atoms with Crippen LogP contribution in [0.4, 0.5) is 0 Å². The SMILES string of the molecule is Cc1cccc(-c2ccc(C(=O)N3CCc4ccccc4C3)c(=O)[nH]2)c1. The van der Waals surface area contributed by atoms with Crippen molar-refractivity contribution in [3.05, 3.63) is 93.3 Å². The summed E-state index contributed by atoms with van der Waals surface area (Å²) in [7, 11) is 0. The van der Waals surface area contributed by atoms with E-state index in [1.54, 1.807) is 17.0 Å². The highest BCUT2D eigenvalue weighted by Crippen LogP contribution is 2.21. The summed E-state index contributed by atoms with van der Waals surface area (Å²) in [5.74, 6) is -0.212. The van der Waals surface area contributed by atoms with E-state index in [1.165, 1.54) is 5.56 Å². The largest absolute Gasteiger partial charge is 0.334 e. The smallest absolute Gasteiger partial charge is 0.261 e. The molecule has 0 spiro atoms. The summed E-state index contributed by atoms with van der Waals surface area (Å²) in [6.07, 6.45) is 0.821. The number of aromatic nitrogens is 1. The second-order valence-corrected chi connectivity index (χ2v) is 6.73. The first-order valence-electron chi connectivity index (χ1n) is 8.78. The van der Waals surface area contributed by atoms with E-state index in [0.29, 0.717) is 13.1 Å². The number of aromatic amines is 1. The number of rotatable bonds is 2. The summed E-state index contributed by atoms with van der Waals surface area (Å²) in [4.78, 5) is 30.0. The minimum absolute atomic E-state index is 0.195. The number of amides is 1. The second-order valence-electron chi connectivity index (χ2n) is 6.73. The summed E-state index contributed by atoms with van der Waals surface area (Å²) in [6.45, 7) is 3.19. The fraction of sp³-hybridized carbons (Fsp3) is 0.182. The highest BCUT2D eigenvalue weighted by Gasteiger charge is 2.23. The van der Waals surface area contributed by atoms with Crippen LogP contribution in [0.25, 0.3) is 11.3 Å². The average molecular weight is 344 g/mol. The van der Waals surface area contributed by atoms with Gasteiger partial charge in [0.2, 0.25) is 0 Å². The van der Waals surface area contributed by atoms with Crippen LogP contribution < -0.4 is 5.56 Å². The number of nitrogens with one attached hydrogen (secondary N) is 1. The van der Waals surface area contributed by atoms with Crippen LogP contribution >= 0.6 is 0 Å². The van der Waals surface area contributed by atoms with E-state index in [9.17, 15) is 9.59 Å². The Labute approximate surface area is 152 Å².